The first-order chi connectivity index (χ1) is 8.23. The second-order valence-electron chi connectivity index (χ2n) is 3.28. The molecular weight excluding hydrogens is 312 g/mol. The maximum Gasteiger partial charge on any atom is 0.303 e. The van der Waals surface area contributed by atoms with Crippen molar-refractivity contribution < 1.29 is 33.4 Å². The van der Waals surface area contributed by atoms with Crippen LogP contribution in [0.5, 0.6) is 0 Å². The Balaban J connectivity index is 4.84. The lowest BCUT2D eigenvalue weighted by Gasteiger charge is -2.23. The van der Waals surface area contributed by atoms with Crippen LogP contribution < -0.4 is 0 Å². The Kier molecular flexibility index (Phi) is 7.18. The number of hydrogen-bond acceptors (Lipinski definition) is 7. The second kappa shape index (κ2) is 7.80. The van der Waals surface area contributed by atoms with E-state index in [0.29, 0.717) is 0 Å². The summed E-state index contributed by atoms with van der Waals surface area (Å²) < 4.78 is 13.4. The molecule has 102 valence electrons. The molecule has 18 heavy (non-hydrogen) atoms. The van der Waals surface area contributed by atoms with Crippen molar-refractivity contribution in [3.05, 3.63) is 0 Å². The number of hydrogen-bond donors (Lipinski definition) is 0. The van der Waals surface area contributed by atoms with E-state index in [0.717, 1.165) is 20.8 Å². The first-order valence-corrected chi connectivity index (χ1v) is 5.70. The Morgan fingerprint density at radius 1 is 0.944 bits per heavy atom. The number of carbonyl (C=O) groups is 4. The molecule has 0 radical (unpaired) electrons. The molecule has 0 bridgehead atoms. The summed E-state index contributed by atoms with van der Waals surface area (Å²) in [6, 6.07) is 0. The van der Waals surface area contributed by atoms with Crippen molar-refractivity contribution in [1.82, 2.24) is 0 Å². The van der Waals surface area contributed by atoms with Crippen LogP contribution in [-0.2, 0) is 33.4 Å². The molecule has 0 N–H and O–H groups in total. The van der Waals surface area contributed by atoms with E-state index in [1.807, 2.05) is 0 Å². The Hall–Kier alpha value is -1.44. The topological polar surface area (TPSA) is 96.0 Å². The summed E-state index contributed by atoms with van der Waals surface area (Å²) in [5.41, 5.74) is 0. The van der Waals surface area contributed by atoms with Crippen molar-refractivity contribution in [3.63, 3.8) is 0 Å². The molecule has 0 aromatic carbocycles. The van der Waals surface area contributed by atoms with E-state index in [4.69, 9.17) is 9.47 Å². The van der Waals surface area contributed by atoms with Crippen molar-refractivity contribution in [2.24, 2.45) is 0 Å². The fraction of sp³-hybridized carbons (Fsp3) is 0.600. The SMILES string of the molecule is CC(=O)OC[C@H](OC(C)=O)[C@@H](OC(C)=O)C(=O)Br. The maximum absolute atomic E-state index is 11.3. The number of esters is 3. The van der Waals surface area contributed by atoms with Gasteiger partial charge in [0.2, 0.25) is 10.8 Å². The Morgan fingerprint density at radius 3 is 1.78 bits per heavy atom. The fourth-order valence-corrected chi connectivity index (χ4v) is 1.43. The molecule has 0 aromatic heterocycles. The van der Waals surface area contributed by atoms with Gasteiger partial charge in [-0.2, -0.15) is 0 Å². The van der Waals surface area contributed by atoms with Gasteiger partial charge < -0.3 is 14.2 Å². The monoisotopic (exact) mass is 324 g/mol. The molecule has 8 heteroatoms. The lowest BCUT2D eigenvalue weighted by Crippen LogP contribution is -2.41. The summed E-state index contributed by atoms with van der Waals surface area (Å²) in [5, 5.41) is 0. The molecule has 0 aromatic rings. The van der Waals surface area contributed by atoms with Gasteiger partial charge in [-0.3, -0.25) is 19.2 Å². The van der Waals surface area contributed by atoms with E-state index in [1.165, 1.54) is 0 Å². The van der Waals surface area contributed by atoms with Crippen LogP contribution in [0.3, 0.4) is 0 Å². The number of halogens is 1. The molecule has 0 unspecified atom stereocenters. The van der Waals surface area contributed by atoms with E-state index in [1.54, 1.807) is 0 Å². The van der Waals surface area contributed by atoms with Crippen LogP contribution in [0, 0.1) is 0 Å². The molecule has 0 aliphatic rings. The zero-order chi connectivity index (χ0) is 14.3. The third-order valence-electron chi connectivity index (χ3n) is 1.62. The van der Waals surface area contributed by atoms with Gasteiger partial charge >= 0.3 is 17.9 Å². The van der Waals surface area contributed by atoms with Crippen LogP contribution in [-0.4, -0.2) is 41.4 Å². The summed E-state index contributed by atoms with van der Waals surface area (Å²) in [7, 11) is 0. The minimum absolute atomic E-state index is 0.385. The highest BCUT2D eigenvalue weighted by Gasteiger charge is 2.33. The molecule has 0 rings (SSSR count). The van der Waals surface area contributed by atoms with Crippen molar-refractivity contribution in [2.45, 2.75) is 33.0 Å². The first kappa shape index (κ1) is 16.6. The largest absolute Gasteiger partial charge is 0.462 e. The van der Waals surface area contributed by atoms with Crippen LogP contribution in [0.25, 0.3) is 0 Å². The molecule has 0 amide bonds. The van der Waals surface area contributed by atoms with E-state index < -0.39 is 34.8 Å². The van der Waals surface area contributed by atoms with Crippen molar-refractivity contribution in [1.29, 1.82) is 0 Å². The Bertz CT molecular complexity index is 352. The number of rotatable bonds is 6. The average molecular weight is 325 g/mol. The van der Waals surface area contributed by atoms with Gasteiger partial charge in [0.05, 0.1) is 0 Å². The van der Waals surface area contributed by atoms with Gasteiger partial charge in [0, 0.05) is 20.8 Å². The van der Waals surface area contributed by atoms with Gasteiger partial charge in [0.25, 0.3) is 0 Å². The van der Waals surface area contributed by atoms with Gasteiger partial charge in [-0.1, -0.05) is 0 Å². The molecule has 0 aliphatic heterocycles. The second-order valence-corrected chi connectivity index (χ2v) is 4.07. The van der Waals surface area contributed by atoms with E-state index in [2.05, 4.69) is 20.7 Å². The highest BCUT2D eigenvalue weighted by atomic mass is 79.9. The van der Waals surface area contributed by atoms with E-state index in [9.17, 15) is 19.2 Å². The zero-order valence-electron chi connectivity index (χ0n) is 10.1. The molecule has 2 atom stereocenters. The molecule has 0 saturated heterocycles. The van der Waals surface area contributed by atoms with E-state index in [-0.39, 0.29) is 6.61 Å². The summed E-state index contributed by atoms with van der Waals surface area (Å²) >= 11 is 2.62. The minimum atomic E-state index is -1.37. The maximum atomic E-state index is 11.3. The molecular formula is C10H13BrO7. The predicted octanol–water partition coefficient (Wildman–Crippen LogP) is 0.334. The minimum Gasteiger partial charge on any atom is -0.462 e. The number of ether oxygens (including phenoxy) is 3. The Labute approximate surface area is 112 Å². The standard InChI is InChI=1S/C10H13BrO7/c1-5(12)16-4-8(17-6(2)13)9(10(11)15)18-7(3)14/h8-9H,4H2,1-3H3/t8-,9+/m0/s1. The molecule has 0 fully saturated rings. The molecule has 0 heterocycles. The lowest BCUT2D eigenvalue weighted by molar-refractivity contribution is -0.174. The summed E-state index contributed by atoms with van der Waals surface area (Å²) in [5.74, 6) is -2.04. The predicted molar refractivity (Wildman–Crippen MR) is 61.7 cm³/mol. The van der Waals surface area contributed by atoms with Crippen LogP contribution in [0.15, 0.2) is 0 Å². The van der Waals surface area contributed by atoms with Gasteiger partial charge in [0.1, 0.15) is 6.61 Å². The molecule has 7 nitrogen and oxygen atoms in total. The first-order valence-electron chi connectivity index (χ1n) is 4.91. The van der Waals surface area contributed by atoms with Crippen molar-refractivity contribution in [3.8, 4) is 0 Å². The summed E-state index contributed by atoms with van der Waals surface area (Å²) in [4.78, 5) is 43.7. The van der Waals surface area contributed by atoms with Crippen LogP contribution in [0.2, 0.25) is 0 Å². The smallest absolute Gasteiger partial charge is 0.303 e. The highest BCUT2D eigenvalue weighted by molar-refractivity contribution is 9.18. The van der Waals surface area contributed by atoms with Gasteiger partial charge in [-0.15, -0.1) is 0 Å². The van der Waals surface area contributed by atoms with Gasteiger partial charge in [-0.05, 0) is 15.9 Å². The van der Waals surface area contributed by atoms with Gasteiger partial charge in [-0.25, -0.2) is 0 Å². The molecule has 0 spiro atoms. The zero-order valence-corrected chi connectivity index (χ0v) is 11.7. The quantitative estimate of drug-likeness (QED) is 0.394. The average Bonchev–Trinajstić information content (AvgIpc) is 2.19. The van der Waals surface area contributed by atoms with Crippen LogP contribution in [0.4, 0.5) is 0 Å². The van der Waals surface area contributed by atoms with Crippen LogP contribution >= 0.6 is 15.9 Å². The third kappa shape index (κ3) is 7.00. The normalized spacial score (nSPS) is 13.1. The fourth-order valence-electron chi connectivity index (χ4n) is 1.04. The van der Waals surface area contributed by atoms with Crippen molar-refractivity contribution in [2.75, 3.05) is 6.61 Å². The lowest BCUT2D eigenvalue weighted by atomic mass is 10.2. The van der Waals surface area contributed by atoms with Gasteiger partial charge in [0.15, 0.2) is 6.10 Å². The highest BCUT2D eigenvalue weighted by Crippen LogP contribution is 2.11. The summed E-state index contributed by atoms with van der Waals surface area (Å²) in [6.07, 6.45) is -2.56. The number of carbonyl (C=O) groups excluding carboxylic acids is 4. The molecule has 0 saturated carbocycles. The van der Waals surface area contributed by atoms with Crippen LogP contribution in [0.1, 0.15) is 20.8 Å². The summed E-state index contributed by atoms with van der Waals surface area (Å²) in [6.45, 7) is 2.98. The van der Waals surface area contributed by atoms with E-state index >= 15 is 0 Å². The third-order valence-corrected chi connectivity index (χ3v) is 2.07. The Morgan fingerprint density at radius 2 is 1.44 bits per heavy atom. The molecule has 0 aliphatic carbocycles. The van der Waals surface area contributed by atoms with Crippen molar-refractivity contribution >= 4 is 38.5 Å².